The first-order chi connectivity index (χ1) is 33.3. The van der Waals surface area contributed by atoms with Gasteiger partial charge in [0.15, 0.2) is 0 Å². The topological polar surface area (TPSA) is 8.17 Å². The number of allylic oxidation sites excluding steroid dienone is 4. The van der Waals surface area contributed by atoms with Gasteiger partial charge >= 0.3 is 0 Å². The third-order valence-electron chi connectivity index (χ3n) is 14.3. The fraction of sp³-hybridized carbons (Fsp3) is 0.0462. The molecular weight excluding hydrogens is 809 g/mol. The van der Waals surface area contributed by atoms with Gasteiger partial charge in [0.05, 0.1) is 27.8 Å². The Morgan fingerprint density at radius 3 is 1.81 bits per heavy atom. The van der Waals surface area contributed by atoms with Gasteiger partial charge in [0.2, 0.25) is 0 Å². The monoisotopic (exact) mass is 854 g/mol. The Bertz CT molecular complexity index is 3700. The van der Waals surface area contributed by atoms with Crippen molar-refractivity contribution in [3.63, 3.8) is 0 Å². The number of aromatic nitrogens is 1. The van der Waals surface area contributed by atoms with Crippen LogP contribution in [0.4, 0.5) is 17.1 Å². The van der Waals surface area contributed by atoms with Gasteiger partial charge in [-0.1, -0.05) is 218 Å². The molecule has 0 N–H and O–H groups in total. The molecule has 0 saturated carbocycles. The Hall–Kier alpha value is -8.46. The van der Waals surface area contributed by atoms with Crippen LogP contribution in [0.3, 0.4) is 0 Å². The first-order valence-electron chi connectivity index (χ1n) is 23.5. The smallest absolute Gasteiger partial charge is 0.0714 e. The summed E-state index contributed by atoms with van der Waals surface area (Å²) in [5.74, 6) is 0. The lowest BCUT2D eigenvalue weighted by atomic mass is 9.67. The third-order valence-corrected chi connectivity index (χ3v) is 14.3. The molecule has 0 fully saturated rings. The van der Waals surface area contributed by atoms with Gasteiger partial charge in [-0.25, -0.2) is 0 Å². The molecule has 0 atom stereocenters. The Labute approximate surface area is 391 Å². The highest BCUT2D eigenvalue weighted by molar-refractivity contribution is 6.19. The van der Waals surface area contributed by atoms with Crippen molar-refractivity contribution < 1.29 is 0 Å². The number of fused-ring (bicyclic) bond motifs is 8. The van der Waals surface area contributed by atoms with E-state index in [1.54, 1.807) is 0 Å². The first-order valence-corrected chi connectivity index (χ1v) is 23.5. The van der Waals surface area contributed by atoms with Gasteiger partial charge in [0.25, 0.3) is 0 Å². The van der Waals surface area contributed by atoms with Crippen LogP contribution in [0.15, 0.2) is 255 Å². The standard InChI is InChI=1S/C65H46N2/c1-5-21-45(22-6-1)52-30-16-19-35-61(52)66(50-38-41-56-55-33-15-18-34-59(55)65(60(56)43-50,48-26-9-3-10-27-48)49-28-11-4-12-29-49)51-39-42-57-58-40-37-47-25-13-14-32-54(47)64(58)67(63(57)44-51)62-36-20-17-31-53(62)46-23-7-2-8-24-46/h1,3-7,9-44H,2,8H2. The summed E-state index contributed by atoms with van der Waals surface area (Å²) in [5.41, 5.74) is 18.7. The van der Waals surface area contributed by atoms with E-state index in [1.165, 1.54) is 82.8 Å². The summed E-state index contributed by atoms with van der Waals surface area (Å²) in [4.78, 5) is 2.50. The normalized spacial score (nSPS) is 13.7. The summed E-state index contributed by atoms with van der Waals surface area (Å²) < 4.78 is 2.55. The zero-order valence-electron chi connectivity index (χ0n) is 37.1. The van der Waals surface area contributed by atoms with Gasteiger partial charge in [-0.3, -0.25) is 0 Å². The number of rotatable bonds is 8. The van der Waals surface area contributed by atoms with Crippen molar-refractivity contribution in [2.75, 3.05) is 4.90 Å². The van der Waals surface area contributed by atoms with Crippen molar-refractivity contribution in [1.29, 1.82) is 0 Å². The molecule has 11 aromatic rings. The largest absolute Gasteiger partial charge is 0.310 e. The number of benzene rings is 10. The molecule has 0 amide bonds. The maximum atomic E-state index is 2.55. The van der Waals surface area contributed by atoms with Crippen molar-refractivity contribution in [3.8, 4) is 27.9 Å². The van der Waals surface area contributed by atoms with Crippen LogP contribution in [0.1, 0.15) is 40.7 Å². The number of hydrogen-bond acceptors (Lipinski definition) is 1. The summed E-state index contributed by atoms with van der Waals surface area (Å²) in [7, 11) is 0. The molecule has 2 heteroatoms. The van der Waals surface area contributed by atoms with Crippen LogP contribution in [0.25, 0.3) is 66.1 Å². The van der Waals surface area contributed by atoms with E-state index >= 15 is 0 Å². The third kappa shape index (κ3) is 6.10. The Balaban J connectivity index is 1.12. The van der Waals surface area contributed by atoms with E-state index in [-0.39, 0.29) is 0 Å². The first kappa shape index (κ1) is 39.0. The van der Waals surface area contributed by atoms with Gasteiger partial charge in [0, 0.05) is 38.7 Å². The van der Waals surface area contributed by atoms with E-state index in [4.69, 9.17) is 0 Å². The van der Waals surface area contributed by atoms with Gasteiger partial charge in [-0.15, -0.1) is 0 Å². The van der Waals surface area contributed by atoms with E-state index in [0.29, 0.717) is 0 Å². The van der Waals surface area contributed by atoms with Crippen molar-refractivity contribution >= 4 is 55.2 Å². The highest BCUT2D eigenvalue weighted by Crippen LogP contribution is 2.57. The van der Waals surface area contributed by atoms with Crippen LogP contribution in [-0.4, -0.2) is 4.57 Å². The fourth-order valence-corrected chi connectivity index (χ4v) is 11.4. The van der Waals surface area contributed by atoms with Gasteiger partial charge < -0.3 is 9.47 Å². The molecule has 0 unspecified atom stereocenters. The summed E-state index contributed by atoms with van der Waals surface area (Å²) in [6, 6.07) is 87.7. The summed E-state index contributed by atoms with van der Waals surface area (Å²) >= 11 is 0. The van der Waals surface area contributed by atoms with Crippen LogP contribution in [0, 0.1) is 0 Å². The fourth-order valence-electron chi connectivity index (χ4n) is 11.4. The average molecular weight is 855 g/mol. The molecule has 0 aliphatic heterocycles. The van der Waals surface area contributed by atoms with Gasteiger partial charge in [0.1, 0.15) is 0 Å². The number of hydrogen-bond donors (Lipinski definition) is 0. The Morgan fingerprint density at radius 2 is 1.03 bits per heavy atom. The molecule has 2 aliphatic rings. The minimum atomic E-state index is -0.543. The highest BCUT2D eigenvalue weighted by Gasteiger charge is 2.46. The van der Waals surface area contributed by atoms with E-state index in [9.17, 15) is 0 Å². The molecule has 0 saturated heterocycles. The summed E-state index contributed by atoms with van der Waals surface area (Å²) in [5, 5.41) is 4.93. The van der Waals surface area contributed by atoms with Crippen LogP contribution in [0.2, 0.25) is 0 Å². The van der Waals surface area contributed by atoms with Crippen LogP contribution < -0.4 is 4.90 Å². The molecular formula is C65H46N2. The predicted molar refractivity (Wildman–Crippen MR) is 282 cm³/mol. The SMILES string of the molecule is C1=CC(c2ccccc2-n2c3cc(N(c4ccc5c(c4)C(c4ccccc4)(c4ccccc4)c4ccccc4-5)c4ccccc4-c4ccccc4)ccc3c3ccc4ccccc4c32)=CCC1. The summed E-state index contributed by atoms with van der Waals surface area (Å²) in [6.45, 7) is 0. The molecule has 0 radical (unpaired) electrons. The zero-order valence-corrected chi connectivity index (χ0v) is 37.1. The highest BCUT2D eigenvalue weighted by atomic mass is 15.1. The van der Waals surface area contributed by atoms with E-state index in [2.05, 4.69) is 264 Å². The van der Waals surface area contributed by atoms with Gasteiger partial charge in [-0.2, -0.15) is 0 Å². The van der Waals surface area contributed by atoms with Crippen molar-refractivity contribution in [3.05, 3.63) is 283 Å². The Kier molecular flexibility index (Phi) is 9.25. The molecule has 1 heterocycles. The number of para-hydroxylation sites is 2. The molecule has 0 bridgehead atoms. The van der Waals surface area contributed by atoms with Crippen LogP contribution in [-0.2, 0) is 5.41 Å². The molecule has 2 aliphatic carbocycles. The van der Waals surface area contributed by atoms with E-state index in [1.807, 2.05) is 0 Å². The maximum absolute atomic E-state index is 2.55. The molecule has 316 valence electrons. The molecule has 1 aromatic heterocycles. The zero-order chi connectivity index (χ0) is 44.3. The summed E-state index contributed by atoms with van der Waals surface area (Å²) in [6.07, 6.45) is 9.13. The lowest BCUT2D eigenvalue weighted by Crippen LogP contribution is -2.28. The minimum Gasteiger partial charge on any atom is -0.310 e. The van der Waals surface area contributed by atoms with E-state index < -0.39 is 5.41 Å². The predicted octanol–water partition coefficient (Wildman–Crippen LogP) is 17.2. The molecule has 67 heavy (non-hydrogen) atoms. The second kappa shape index (κ2) is 15.9. The number of nitrogens with zero attached hydrogens (tertiary/aromatic N) is 2. The molecule has 0 spiro atoms. The lowest BCUT2D eigenvalue weighted by Gasteiger charge is -2.35. The molecule has 13 rings (SSSR count). The second-order valence-corrected chi connectivity index (χ2v) is 17.9. The maximum Gasteiger partial charge on any atom is 0.0714 e. The average Bonchev–Trinajstić information content (AvgIpc) is 3.90. The van der Waals surface area contributed by atoms with Crippen molar-refractivity contribution in [1.82, 2.24) is 4.57 Å². The van der Waals surface area contributed by atoms with E-state index in [0.717, 1.165) is 41.0 Å². The van der Waals surface area contributed by atoms with Gasteiger partial charge in [-0.05, 0) is 99.1 Å². The molecule has 2 nitrogen and oxygen atoms in total. The Morgan fingerprint density at radius 1 is 0.418 bits per heavy atom. The second-order valence-electron chi connectivity index (χ2n) is 17.9. The van der Waals surface area contributed by atoms with Crippen molar-refractivity contribution in [2.24, 2.45) is 0 Å². The molecule has 10 aromatic carbocycles. The number of anilines is 3. The van der Waals surface area contributed by atoms with Crippen molar-refractivity contribution in [2.45, 2.75) is 18.3 Å². The van der Waals surface area contributed by atoms with Crippen LogP contribution >= 0.6 is 0 Å². The minimum absolute atomic E-state index is 0.543. The van der Waals surface area contributed by atoms with Crippen LogP contribution in [0.5, 0.6) is 0 Å². The quantitative estimate of drug-likeness (QED) is 0.148. The lowest BCUT2D eigenvalue weighted by molar-refractivity contribution is 0.768.